The van der Waals surface area contributed by atoms with E-state index in [9.17, 15) is 4.79 Å². The minimum absolute atomic E-state index is 0.189. The van der Waals surface area contributed by atoms with Gasteiger partial charge < -0.3 is 9.64 Å². The molecule has 0 atom stereocenters. The van der Waals surface area contributed by atoms with Crippen LogP contribution in [-0.4, -0.2) is 41.1 Å². The fourth-order valence-electron chi connectivity index (χ4n) is 3.12. The highest BCUT2D eigenvalue weighted by Crippen LogP contribution is 2.30. The van der Waals surface area contributed by atoms with E-state index >= 15 is 0 Å². The largest absolute Gasteiger partial charge is 0.444 e. The van der Waals surface area contributed by atoms with Gasteiger partial charge in [0.05, 0.1) is 6.54 Å². The molecule has 22 heavy (non-hydrogen) atoms. The van der Waals surface area contributed by atoms with E-state index in [1.165, 1.54) is 41.2 Å². The number of nitrogens with zero attached hydrogens (tertiary/aromatic N) is 2. The summed E-state index contributed by atoms with van der Waals surface area (Å²) in [6.07, 6.45) is 3.43. The number of thiophene rings is 1. The number of carbonyl (C=O) groups is 1. The highest BCUT2D eigenvalue weighted by molar-refractivity contribution is 7.12. The summed E-state index contributed by atoms with van der Waals surface area (Å²) < 4.78 is 5.49. The highest BCUT2D eigenvalue weighted by atomic mass is 32.1. The Balaban J connectivity index is 1.62. The Bertz CT molecular complexity index is 541. The number of ether oxygens (including phenoxy) is 1. The van der Waals surface area contributed by atoms with Crippen molar-refractivity contribution in [2.45, 2.75) is 58.7 Å². The van der Waals surface area contributed by atoms with Gasteiger partial charge in [0.15, 0.2) is 0 Å². The van der Waals surface area contributed by atoms with Gasteiger partial charge in [-0.15, -0.1) is 11.3 Å². The molecule has 122 valence electrons. The molecular formula is C17H26N2O2S. The van der Waals surface area contributed by atoms with Gasteiger partial charge >= 0.3 is 6.09 Å². The molecule has 1 fully saturated rings. The molecule has 0 bridgehead atoms. The summed E-state index contributed by atoms with van der Waals surface area (Å²) in [6, 6.07) is 2.30. The second kappa shape index (κ2) is 6.20. The number of hydrogen-bond donors (Lipinski definition) is 0. The molecule has 1 saturated heterocycles. The number of amides is 1. The quantitative estimate of drug-likeness (QED) is 0.833. The Morgan fingerprint density at radius 2 is 2.00 bits per heavy atom. The van der Waals surface area contributed by atoms with E-state index in [0.717, 1.165) is 19.5 Å². The zero-order valence-corrected chi connectivity index (χ0v) is 14.7. The van der Waals surface area contributed by atoms with Crippen molar-refractivity contribution in [3.8, 4) is 0 Å². The molecule has 2 aliphatic rings. The van der Waals surface area contributed by atoms with Crippen molar-refractivity contribution in [1.82, 2.24) is 9.80 Å². The van der Waals surface area contributed by atoms with Crippen molar-refractivity contribution in [1.29, 1.82) is 0 Å². The van der Waals surface area contributed by atoms with E-state index in [2.05, 4.69) is 11.0 Å². The van der Waals surface area contributed by atoms with Crippen LogP contribution >= 0.6 is 11.3 Å². The van der Waals surface area contributed by atoms with Crippen molar-refractivity contribution < 1.29 is 9.53 Å². The molecule has 3 rings (SSSR count). The molecule has 0 N–H and O–H groups in total. The normalized spacial score (nSPS) is 19.3. The van der Waals surface area contributed by atoms with Crippen molar-refractivity contribution in [3.05, 3.63) is 21.4 Å². The summed E-state index contributed by atoms with van der Waals surface area (Å²) in [4.78, 5) is 19.5. The van der Waals surface area contributed by atoms with Crippen LogP contribution in [0.5, 0.6) is 0 Å². The predicted molar refractivity (Wildman–Crippen MR) is 89.2 cm³/mol. The maximum absolute atomic E-state index is 12.2. The Kier molecular flexibility index (Phi) is 4.46. The lowest BCUT2D eigenvalue weighted by Gasteiger charge is -2.29. The average Bonchev–Trinajstić information content (AvgIpc) is 3.04. The molecule has 0 spiro atoms. The van der Waals surface area contributed by atoms with E-state index < -0.39 is 5.60 Å². The van der Waals surface area contributed by atoms with Crippen LogP contribution in [0, 0.1) is 0 Å². The lowest BCUT2D eigenvalue weighted by molar-refractivity contribution is 0.0225. The molecular weight excluding hydrogens is 296 g/mol. The molecule has 0 aliphatic carbocycles. The minimum atomic E-state index is -0.424. The van der Waals surface area contributed by atoms with Crippen LogP contribution in [0.1, 0.15) is 48.9 Å². The fraction of sp³-hybridized carbons (Fsp3) is 0.706. The van der Waals surface area contributed by atoms with Crippen molar-refractivity contribution >= 4 is 17.4 Å². The molecule has 2 aliphatic heterocycles. The molecule has 0 aromatic carbocycles. The van der Waals surface area contributed by atoms with Gasteiger partial charge in [0.1, 0.15) is 5.60 Å². The lowest BCUT2D eigenvalue weighted by atomic mass is 10.1. The van der Waals surface area contributed by atoms with E-state index in [4.69, 9.17) is 4.74 Å². The van der Waals surface area contributed by atoms with Gasteiger partial charge in [-0.25, -0.2) is 4.79 Å². The van der Waals surface area contributed by atoms with Gasteiger partial charge in [-0.1, -0.05) is 0 Å². The first-order valence-electron chi connectivity index (χ1n) is 8.21. The summed E-state index contributed by atoms with van der Waals surface area (Å²) in [5, 5.41) is 0. The van der Waals surface area contributed by atoms with E-state index in [0.29, 0.717) is 6.54 Å². The van der Waals surface area contributed by atoms with Crippen LogP contribution < -0.4 is 0 Å². The minimum Gasteiger partial charge on any atom is -0.444 e. The smallest absolute Gasteiger partial charge is 0.410 e. The summed E-state index contributed by atoms with van der Waals surface area (Å²) >= 11 is 1.93. The zero-order valence-electron chi connectivity index (χ0n) is 13.9. The number of fused-ring (bicyclic) bond motifs is 1. The van der Waals surface area contributed by atoms with Crippen molar-refractivity contribution in [2.24, 2.45) is 0 Å². The Labute approximate surface area is 137 Å². The van der Waals surface area contributed by atoms with Crippen molar-refractivity contribution in [2.75, 3.05) is 19.6 Å². The molecule has 3 heterocycles. The van der Waals surface area contributed by atoms with Gasteiger partial charge in [-0.2, -0.15) is 0 Å². The summed E-state index contributed by atoms with van der Waals surface area (Å²) in [6.45, 7) is 10.7. The first-order valence-corrected chi connectivity index (χ1v) is 9.03. The fourth-order valence-corrected chi connectivity index (χ4v) is 4.33. The van der Waals surface area contributed by atoms with Crippen LogP contribution in [0.3, 0.4) is 0 Å². The molecule has 4 nitrogen and oxygen atoms in total. The Morgan fingerprint density at radius 3 is 2.68 bits per heavy atom. The number of likely N-dealkylation sites (tertiary alicyclic amines) is 1. The molecule has 1 aromatic heterocycles. The molecule has 0 saturated carbocycles. The molecule has 0 radical (unpaired) electrons. The first-order chi connectivity index (χ1) is 10.4. The number of hydrogen-bond acceptors (Lipinski definition) is 4. The lowest BCUT2D eigenvalue weighted by Crippen LogP contribution is -2.39. The molecule has 5 heteroatoms. The van der Waals surface area contributed by atoms with Crippen LogP contribution in [0.25, 0.3) is 0 Å². The van der Waals surface area contributed by atoms with Gasteiger partial charge in [0.25, 0.3) is 0 Å². The van der Waals surface area contributed by atoms with E-state index in [1.54, 1.807) is 0 Å². The SMILES string of the molecule is CC(C)(C)OC(=O)N1CCc2sc(CN3CCCC3)cc2C1. The van der Waals surface area contributed by atoms with Gasteiger partial charge in [0, 0.05) is 22.8 Å². The third-order valence-corrected chi connectivity index (χ3v) is 5.37. The first kappa shape index (κ1) is 15.8. The Hall–Kier alpha value is -1.07. The van der Waals surface area contributed by atoms with E-state index in [-0.39, 0.29) is 6.09 Å². The number of rotatable bonds is 2. The van der Waals surface area contributed by atoms with Gasteiger partial charge in [-0.05, 0) is 64.8 Å². The van der Waals surface area contributed by atoms with Crippen molar-refractivity contribution in [3.63, 3.8) is 0 Å². The Morgan fingerprint density at radius 1 is 1.27 bits per heavy atom. The topological polar surface area (TPSA) is 32.8 Å². The highest BCUT2D eigenvalue weighted by Gasteiger charge is 2.27. The van der Waals surface area contributed by atoms with Gasteiger partial charge in [0.2, 0.25) is 0 Å². The third-order valence-electron chi connectivity index (χ3n) is 4.15. The summed E-state index contributed by atoms with van der Waals surface area (Å²) in [7, 11) is 0. The third kappa shape index (κ3) is 3.82. The van der Waals surface area contributed by atoms with Crippen LogP contribution in [0.4, 0.5) is 4.79 Å². The van der Waals surface area contributed by atoms with Gasteiger partial charge in [-0.3, -0.25) is 4.90 Å². The summed E-state index contributed by atoms with van der Waals surface area (Å²) in [5.41, 5.74) is 0.892. The maximum atomic E-state index is 12.2. The molecule has 0 unspecified atom stereocenters. The standard InChI is InChI=1S/C17H26N2O2S/c1-17(2,3)21-16(20)19-9-6-15-13(11-19)10-14(22-15)12-18-7-4-5-8-18/h10H,4-9,11-12H2,1-3H3. The molecule has 1 aromatic rings. The monoisotopic (exact) mass is 322 g/mol. The van der Waals surface area contributed by atoms with Crippen LogP contribution in [0.15, 0.2) is 6.07 Å². The maximum Gasteiger partial charge on any atom is 0.410 e. The predicted octanol–water partition coefficient (Wildman–Crippen LogP) is 3.64. The van der Waals surface area contributed by atoms with Crippen LogP contribution in [0.2, 0.25) is 0 Å². The molecule has 1 amide bonds. The van der Waals surface area contributed by atoms with E-state index in [1.807, 2.05) is 37.0 Å². The zero-order chi connectivity index (χ0) is 15.7. The number of carbonyl (C=O) groups excluding carboxylic acids is 1. The van der Waals surface area contributed by atoms with Crippen LogP contribution in [-0.2, 0) is 24.2 Å². The average molecular weight is 322 g/mol. The second-order valence-corrected chi connectivity index (χ2v) is 8.52. The second-order valence-electron chi connectivity index (χ2n) is 7.30. The summed E-state index contributed by atoms with van der Waals surface area (Å²) in [5.74, 6) is 0.